The van der Waals surface area contributed by atoms with Gasteiger partial charge in [-0.1, -0.05) is 20.8 Å². The molecule has 0 aliphatic carbocycles. The molecule has 1 aromatic heterocycles. The van der Waals surface area contributed by atoms with Gasteiger partial charge in [0.25, 0.3) is 0 Å². The summed E-state index contributed by atoms with van der Waals surface area (Å²) in [6.07, 6.45) is 1.28. The van der Waals surface area contributed by atoms with Crippen LogP contribution in [0.15, 0.2) is 24.3 Å². The lowest BCUT2D eigenvalue weighted by Crippen LogP contribution is -2.07. The fourth-order valence-corrected chi connectivity index (χ4v) is 2.98. The van der Waals surface area contributed by atoms with Gasteiger partial charge in [0.05, 0.1) is 6.10 Å². The first kappa shape index (κ1) is 13.5. The Morgan fingerprint density at radius 1 is 1.28 bits per heavy atom. The van der Waals surface area contributed by atoms with Crippen molar-refractivity contribution in [3.05, 3.63) is 35.0 Å². The van der Waals surface area contributed by atoms with E-state index in [0.717, 1.165) is 27.8 Å². The summed E-state index contributed by atoms with van der Waals surface area (Å²) in [7, 11) is 0. The van der Waals surface area contributed by atoms with Crippen molar-refractivity contribution in [1.29, 1.82) is 0 Å². The van der Waals surface area contributed by atoms with Gasteiger partial charge in [-0.15, -0.1) is 11.3 Å². The second-order valence-electron chi connectivity index (χ2n) is 5.95. The van der Waals surface area contributed by atoms with E-state index in [0.29, 0.717) is 0 Å². The predicted octanol–water partition coefficient (Wildman–Crippen LogP) is 4.90. The molecule has 1 aromatic carbocycles. The van der Waals surface area contributed by atoms with Crippen molar-refractivity contribution in [3.8, 4) is 0 Å². The number of halogens is 1. The standard InChI is InChI=1S/C15H19FOS/c1-15(2,3)7-6-12(17)14-9-10-8-11(16)4-5-13(10)18-14/h4-5,8-9,12,17H,6-7H2,1-3H3. The third-order valence-electron chi connectivity index (χ3n) is 2.99. The monoisotopic (exact) mass is 266 g/mol. The number of thiophene rings is 1. The molecule has 18 heavy (non-hydrogen) atoms. The second-order valence-corrected chi connectivity index (χ2v) is 7.06. The smallest absolute Gasteiger partial charge is 0.123 e. The first-order chi connectivity index (χ1) is 8.35. The molecule has 3 heteroatoms. The van der Waals surface area contributed by atoms with Gasteiger partial charge in [0.2, 0.25) is 0 Å². The van der Waals surface area contributed by atoms with E-state index in [9.17, 15) is 9.50 Å². The minimum atomic E-state index is -0.440. The van der Waals surface area contributed by atoms with Crippen molar-refractivity contribution in [2.75, 3.05) is 0 Å². The van der Waals surface area contributed by atoms with Gasteiger partial charge in [-0.3, -0.25) is 0 Å². The van der Waals surface area contributed by atoms with Crippen molar-refractivity contribution in [2.24, 2.45) is 5.41 Å². The molecule has 0 amide bonds. The lowest BCUT2D eigenvalue weighted by Gasteiger charge is -2.19. The molecule has 1 atom stereocenters. The van der Waals surface area contributed by atoms with Gasteiger partial charge in [0, 0.05) is 9.58 Å². The maximum atomic E-state index is 13.1. The van der Waals surface area contributed by atoms with Crippen LogP contribution < -0.4 is 0 Å². The van der Waals surface area contributed by atoms with E-state index < -0.39 is 6.10 Å². The second kappa shape index (κ2) is 4.98. The number of hydrogen-bond acceptors (Lipinski definition) is 2. The van der Waals surface area contributed by atoms with Gasteiger partial charge in [-0.2, -0.15) is 0 Å². The molecule has 0 saturated heterocycles. The van der Waals surface area contributed by atoms with Crippen LogP contribution in [-0.4, -0.2) is 5.11 Å². The Balaban J connectivity index is 2.15. The summed E-state index contributed by atoms with van der Waals surface area (Å²) >= 11 is 1.55. The molecule has 1 N–H and O–H groups in total. The van der Waals surface area contributed by atoms with Crippen LogP contribution in [0.2, 0.25) is 0 Å². The summed E-state index contributed by atoms with van der Waals surface area (Å²) in [6.45, 7) is 6.50. The van der Waals surface area contributed by atoms with Gasteiger partial charge in [0.15, 0.2) is 0 Å². The molecule has 1 unspecified atom stereocenters. The van der Waals surface area contributed by atoms with Crippen LogP contribution in [0.1, 0.15) is 44.6 Å². The summed E-state index contributed by atoms with van der Waals surface area (Å²) in [4.78, 5) is 0.930. The molecular formula is C15H19FOS. The molecule has 0 bridgehead atoms. The van der Waals surface area contributed by atoms with E-state index >= 15 is 0 Å². The highest BCUT2D eigenvalue weighted by Crippen LogP contribution is 2.34. The predicted molar refractivity (Wildman–Crippen MR) is 75.4 cm³/mol. The third-order valence-corrected chi connectivity index (χ3v) is 4.21. The van der Waals surface area contributed by atoms with E-state index in [1.54, 1.807) is 17.4 Å². The molecular weight excluding hydrogens is 247 g/mol. The van der Waals surface area contributed by atoms with Crippen LogP contribution >= 0.6 is 11.3 Å². The van der Waals surface area contributed by atoms with E-state index in [4.69, 9.17) is 0 Å². The van der Waals surface area contributed by atoms with Crippen LogP contribution in [0.4, 0.5) is 4.39 Å². The summed E-state index contributed by atoms with van der Waals surface area (Å²) in [6, 6.07) is 6.65. The van der Waals surface area contributed by atoms with E-state index in [2.05, 4.69) is 20.8 Å². The molecule has 0 aliphatic rings. The first-order valence-corrected chi connectivity index (χ1v) is 7.04. The van der Waals surface area contributed by atoms with Crippen molar-refractivity contribution in [2.45, 2.75) is 39.7 Å². The fraction of sp³-hybridized carbons (Fsp3) is 0.467. The minimum absolute atomic E-state index is 0.226. The zero-order valence-corrected chi connectivity index (χ0v) is 11.9. The highest BCUT2D eigenvalue weighted by atomic mass is 32.1. The van der Waals surface area contributed by atoms with Crippen molar-refractivity contribution < 1.29 is 9.50 Å². The molecule has 0 fully saturated rings. The topological polar surface area (TPSA) is 20.2 Å². The maximum Gasteiger partial charge on any atom is 0.123 e. The number of rotatable bonds is 3. The zero-order valence-electron chi connectivity index (χ0n) is 11.0. The lowest BCUT2D eigenvalue weighted by molar-refractivity contribution is 0.151. The fourth-order valence-electron chi connectivity index (χ4n) is 1.91. The Labute approximate surface area is 111 Å². The average molecular weight is 266 g/mol. The Morgan fingerprint density at radius 2 is 2.00 bits per heavy atom. The highest BCUT2D eigenvalue weighted by molar-refractivity contribution is 7.19. The zero-order chi connectivity index (χ0) is 13.3. The Hall–Kier alpha value is -0.930. The van der Waals surface area contributed by atoms with E-state index in [-0.39, 0.29) is 11.2 Å². The molecule has 98 valence electrons. The average Bonchev–Trinajstić information content (AvgIpc) is 2.67. The Morgan fingerprint density at radius 3 is 2.67 bits per heavy atom. The van der Waals surface area contributed by atoms with Gasteiger partial charge >= 0.3 is 0 Å². The van der Waals surface area contributed by atoms with E-state index in [1.165, 1.54) is 12.1 Å². The highest BCUT2D eigenvalue weighted by Gasteiger charge is 2.16. The molecule has 2 rings (SSSR count). The van der Waals surface area contributed by atoms with Crippen molar-refractivity contribution in [1.82, 2.24) is 0 Å². The largest absolute Gasteiger partial charge is 0.388 e. The van der Waals surface area contributed by atoms with Gasteiger partial charge in [0.1, 0.15) is 5.82 Å². The lowest BCUT2D eigenvalue weighted by atomic mass is 9.89. The van der Waals surface area contributed by atoms with Crippen molar-refractivity contribution >= 4 is 21.4 Å². The summed E-state index contributed by atoms with van der Waals surface area (Å²) in [5.74, 6) is -0.226. The summed E-state index contributed by atoms with van der Waals surface area (Å²) in [5, 5.41) is 11.1. The van der Waals surface area contributed by atoms with Crippen molar-refractivity contribution in [3.63, 3.8) is 0 Å². The molecule has 2 aromatic rings. The molecule has 1 nitrogen and oxygen atoms in total. The van der Waals surface area contributed by atoms with Crippen LogP contribution in [0.25, 0.3) is 10.1 Å². The normalized spacial score (nSPS) is 14.1. The molecule has 0 spiro atoms. The SMILES string of the molecule is CC(C)(C)CCC(O)c1cc2cc(F)ccc2s1. The quantitative estimate of drug-likeness (QED) is 0.837. The van der Waals surface area contributed by atoms with Gasteiger partial charge < -0.3 is 5.11 Å². The maximum absolute atomic E-state index is 13.1. The number of fused-ring (bicyclic) bond motifs is 1. The van der Waals surface area contributed by atoms with E-state index in [1.807, 2.05) is 6.07 Å². The number of aliphatic hydroxyl groups is 1. The van der Waals surface area contributed by atoms with Gasteiger partial charge in [-0.05, 0) is 47.9 Å². The molecule has 1 heterocycles. The van der Waals surface area contributed by atoms with Crippen LogP contribution in [-0.2, 0) is 0 Å². The molecule has 0 radical (unpaired) electrons. The Kier molecular flexibility index (Phi) is 3.74. The van der Waals surface area contributed by atoms with Crippen LogP contribution in [0.5, 0.6) is 0 Å². The summed E-state index contributed by atoms with van der Waals surface area (Å²) in [5.41, 5.74) is 0.226. The minimum Gasteiger partial charge on any atom is -0.388 e. The number of aliphatic hydroxyl groups excluding tert-OH is 1. The van der Waals surface area contributed by atoms with Gasteiger partial charge in [-0.25, -0.2) is 4.39 Å². The number of hydrogen-bond donors (Lipinski definition) is 1. The number of benzene rings is 1. The first-order valence-electron chi connectivity index (χ1n) is 6.22. The van der Waals surface area contributed by atoms with Crippen LogP contribution in [0.3, 0.4) is 0 Å². The Bertz CT molecular complexity index is 539. The molecule has 0 saturated carbocycles. The molecule has 0 aliphatic heterocycles. The summed E-state index contributed by atoms with van der Waals surface area (Å²) < 4.78 is 14.1. The third kappa shape index (κ3) is 3.30. The van der Waals surface area contributed by atoms with Crippen LogP contribution in [0, 0.1) is 11.2 Å².